The SMILES string of the molecule is CNCc1cn(Cc2cccc(OC)c2)c2ccccc12. The highest BCUT2D eigenvalue weighted by atomic mass is 16.5. The first-order chi connectivity index (χ1) is 10.3. The van der Waals surface area contributed by atoms with Crippen LogP contribution >= 0.6 is 0 Å². The van der Waals surface area contributed by atoms with E-state index in [0.29, 0.717) is 0 Å². The van der Waals surface area contributed by atoms with Crippen molar-refractivity contribution in [3.8, 4) is 5.75 Å². The van der Waals surface area contributed by atoms with Gasteiger partial charge in [0.15, 0.2) is 0 Å². The Morgan fingerprint density at radius 1 is 1.10 bits per heavy atom. The van der Waals surface area contributed by atoms with Gasteiger partial charge in [0.05, 0.1) is 7.11 Å². The predicted molar refractivity (Wildman–Crippen MR) is 86.8 cm³/mol. The maximum absolute atomic E-state index is 5.30. The van der Waals surface area contributed by atoms with Crippen molar-refractivity contribution in [3.05, 3.63) is 65.9 Å². The van der Waals surface area contributed by atoms with Gasteiger partial charge in [0.1, 0.15) is 5.75 Å². The topological polar surface area (TPSA) is 26.2 Å². The Morgan fingerprint density at radius 3 is 2.76 bits per heavy atom. The van der Waals surface area contributed by atoms with E-state index < -0.39 is 0 Å². The molecule has 2 aromatic carbocycles. The molecule has 3 aromatic rings. The number of nitrogens with zero attached hydrogens (tertiary/aromatic N) is 1. The van der Waals surface area contributed by atoms with E-state index in [1.807, 2.05) is 19.2 Å². The molecule has 0 spiro atoms. The second kappa shape index (κ2) is 6.02. The smallest absolute Gasteiger partial charge is 0.119 e. The molecule has 3 heteroatoms. The van der Waals surface area contributed by atoms with Crippen LogP contribution in [0, 0.1) is 0 Å². The first-order valence-electron chi connectivity index (χ1n) is 7.16. The summed E-state index contributed by atoms with van der Waals surface area (Å²) in [5.41, 5.74) is 3.84. The fraction of sp³-hybridized carbons (Fsp3) is 0.222. The molecule has 0 saturated heterocycles. The van der Waals surface area contributed by atoms with E-state index >= 15 is 0 Å². The molecule has 3 rings (SSSR count). The summed E-state index contributed by atoms with van der Waals surface area (Å²) in [7, 11) is 3.68. The summed E-state index contributed by atoms with van der Waals surface area (Å²) in [6.45, 7) is 1.73. The van der Waals surface area contributed by atoms with Crippen LogP contribution < -0.4 is 10.1 Å². The van der Waals surface area contributed by atoms with Gasteiger partial charge in [-0.1, -0.05) is 30.3 Å². The Hall–Kier alpha value is -2.26. The lowest BCUT2D eigenvalue weighted by Crippen LogP contribution is -2.04. The minimum atomic E-state index is 0.849. The molecular weight excluding hydrogens is 260 g/mol. The summed E-state index contributed by atoms with van der Waals surface area (Å²) < 4.78 is 7.61. The van der Waals surface area contributed by atoms with E-state index in [9.17, 15) is 0 Å². The molecule has 3 nitrogen and oxygen atoms in total. The quantitative estimate of drug-likeness (QED) is 0.775. The van der Waals surface area contributed by atoms with Crippen LogP contribution in [-0.4, -0.2) is 18.7 Å². The van der Waals surface area contributed by atoms with Crippen LogP contribution in [0.1, 0.15) is 11.1 Å². The molecular formula is C18H20N2O. The van der Waals surface area contributed by atoms with Crippen LogP contribution in [0.4, 0.5) is 0 Å². The van der Waals surface area contributed by atoms with Gasteiger partial charge in [0.2, 0.25) is 0 Å². The average Bonchev–Trinajstić information content (AvgIpc) is 2.86. The Kier molecular flexibility index (Phi) is 3.93. The molecule has 1 heterocycles. The third kappa shape index (κ3) is 2.78. The van der Waals surface area contributed by atoms with Crippen molar-refractivity contribution in [3.63, 3.8) is 0 Å². The number of hydrogen-bond donors (Lipinski definition) is 1. The number of rotatable bonds is 5. The minimum absolute atomic E-state index is 0.849. The average molecular weight is 280 g/mol. The summed E-state index contributed by atoms with van der Waals surface area (Å²) in [5, 5.41) is 4.55. The third-order valence-electron chi connectivity index (χ3n) is 3.73. The molecule has 0 saturated carbocycles. The van der Waals surface area contributed by atoms with Crippen LogP contribution in [0.2, 0.25) is 0 Å². The van der Waals surface area contributed by atoms with E-state index in [0.717, 1.165) is 18.8 Å². The monoisotopic (exact) mass is 280 g/mol. The molecule has 0 aliphatic rings. The Bertz CT molecular complexity index is 746. The van der Waals surface area contributed by atoms with Gasteiger partial charge in [0.25, 0.3) is 0 Å². The first-order valence-corrected chi connectivity index (χ1v) is 7.16. The van der Waals surface area contributed by atoms with Gasteiger partial charge in [0, 0.05) is 30.2 Å². The number of para-hydroxylation sites is 1. The molecule has 108 valence electrons. The molecule has 0 bridgehead atoms. The lowest BCUT2D eigenvalue weighted by molar-refractivity contribution is 0.414. The first kappa shape index (κ1) is 13.7. The molecule has 1 N–H and O–H groups in total. The van der Waals surface area contributed by atoms with Crippen molar-refractivity contribution in [1.29, 1.82) is 0 Å². The summed E-state index contributed by atoms with van der Waals surface area (Å²) in [5.74, 6) is 0.902. The van der Waals surface area contributed by atoms with E-state index in [1.54, 1.807) is 7.11 Å². The van der Waals surface area contributed by atoms with Crippen LogP contribution in [0.5, 0.6) is 5.75 Å². The highest BCUT2D eigenvalue weighted by molar-refractivity contribution is 5.84. The standard InChI is InChI=1S/C18H20N2O/c1-19-11-15-13-20(18-9-4-3-8-17(15)18)12-14-6-5-7-16(10-14)21-2/h3-10,13,19H,11-12H2,1-2H3. The van der Waals surface area contributed by atoms with Gasteiger partial charge < -0.3 is 14.6 Å². The lowest BCUT2D eigenvalue weighted by atomic mass is 10.2. The number of aromatic nitrogens is 1. The van der Waals surface area contributed by atoms with Crippen molar-refractivity contribution in [2.45, 2.75) is 13.1 Å². The Labute approximate surface area is 125 Å². The molecule has 0 radical (unpaired) electrons. The van der Waals surface area contributed by atoms with Gasteiger partial charge >= 0.3 is 0 Å². The Balaban J connectivity index is 1.99. The summed E-state index contributed by atoms with van der Waals surface area (Å²) >= 11 is 0. The molecule has 0 fully saturated rings. The number of methoxy groups -OCH3 is 1. The normalized spacial score (nSPS) is 11.0. The summed E-state index contributed by atoms with van der Waals surface area (Å²) in [6, 6.07) is 16.8. The Morgan fingerprint density at radius 2 is 1.95 bits per heavy atom. The van der Waals surface area contributed by atoms with E-state index in [1.165, 1.54) is 22.0 Å². The number of fused-ring (bicyclic) bond motifs is 1. The van der Waals surface area contributed by atoms with Crippen molar-refractivity contribution in [2.75, 3.05) is 14.2 Å². The van der Waals surface area contributed by atoms with Crippen molar-refractivity contribution < 1.29 is 4.74 Å². The summed E-state index contributed by atoms with van der Waals surface area (Å²) in [4.78, 5) is 0. The molecule has 0 atom stereocenters. The van der Waals surface area contributed by atoms with Gasteiger partial charge in [-0.25, -0.2) is 0 Å². The van der Waals surface area contributed by atoms with Crippen LogP contribution in [0.3, 0.4) is 0 Å². The molecule has 0 aliphatic heterocycles. The van der Waals surface area contributed by atoms with Crippen LogP contribution in [0.15, 0.2) is 54.7 Å². The maximum Gasteiger partial charge on any atom is 0.119 e. The van der Waals surface area contributed by atoms with Gasteiger partial charge in [-0.05, 0) is 36.4 Å². The fourth-order valence-corrected chi connectivity index (χ4v) is 2.75. The van der Waals surface area contributed by atoms with Gasteiger partial charge in [-0.3, -0.25) is 0 Å². The van der Waals surface area contributed by atoms with Gasteiger partial charge in [-0.15, -0.1) is 0 Å². The third-order valence-corrected chi connectivity index (χ3v) is 3.73. The van der Waals surface area contributed by atoms with Crippen LogP contribution in [-0.2, 0) is 13.1 Å². The van der Waals surface area contributed by atoms with Crippen LogP contribution in [0.25, 0.3) is 10.9 Å². The lowest BCUT2D eigenvalue weighted by Gasteiger charge is -2.07. The highest BCUT2D eigenvalue weighted by Gasteiger charge is 2.08. The zero-order chi connectivity index (χ0) is 14.7. The largest absolute Gasteiger partial charge is 0.497 e. The second-order valence-corrected chi connectivity index (χ2v) is 5.18. The molecule has 1 aromatic heterocycles. The van der Waals surface area contributed by atoms with E-state index in [4.69, 9.17) is 4.74 Å². The number of ether oxygens (including phenoxy) is 1. The molecule has 21 heavy (non-hydrogen) atoms. The van der Waals surface area contributed by atoms with E-state index in [-0.39, 0.29) is 0 Å². The van der Waals surface area contributed by atoms with Crippen molar-refractivity contribution in [2.24, 2.45) is 0 Å². The second-order valence-electron chi connectivity index (χ2n) is 5.18. The number of benzene rings is 2. The zero-order valence-corrected chi connectivity index (χ0v) is 12.5. The minimum Gasteiger partial charge on any atom is -0.497 e. The molecule has 0 aliphatic carbocycles. The summed E-state index contributed by atoms with van der Waals surface area (Å²) in [6.07, 6.45) is 2.24. The van der Waals surface area contributed by atoms with E-state index in [2.05, 4.69) is 52.5 Å². The predicted octanol–water partition coefficient (Wildman–Crippen LogP) is 3.42. The number of hydrogen-bond acceptors (Lipinski definition) is 2. The van der Waals surface area contributed by atoms with Crippen molar-refractivity contribution in [1.82, 2.24) is 9.88 Å². The van der Waals surface area contributed by atoms with Crippen molar-refractivity contribution >= 4 is 10.9 Å². The number of nitrogens with one attached hydrogen (secondary N) is 1. The fourth-order valence-electron chi connectivity index (χ4n) is 2.75. The molecule has 0 unspecified atom stereocenters. The van der Waals surface area contributed by atoms with Gasteiger partial charge in [-0.2, -0.15) is 0 Å². The molecule has 0 amide bonds. The maximum atomic E-state index is 5.30. The zero-order valence-electron chi connectivity index (χ0n) is 12.5. The highest BCUT2D eigenvalue weighted by Crippen LogP contribution is 2.23.